The quantitative estimate of drug-likeness (QED) is 0.334. The lowest BCUT2D eigenvalue weighted by molar-refractivity contribution is -0.132. The Balaban J connectivity index is 1.90. The Morgan fingerprint density at radius 3 is 2.06 bits per heavy atom. The number of hydrogen-bond donors (Lipinski definition) is 1. The SMILES string of the molecule is CCc1ccc(/C(O)=C2/C(=O)C(=O)N(c3ccc(C)cc3)C2c2ccc(N(C)C)cc2)cc1. The molecule has 1 aliphatic heterocycles. The summed E-state index contributed by atoms with van der Waals surface area (Å²) in [6.45, 7) is 4.02. The Bertz CT molecular complexity index is 1210. The van der Waals surface area contributed by atoms with Crippen LogP contribution in [0.15, 0.2) is 78.4 Å². The van der Waals surface area contributed by atoms with Gasteiger partial charge in [0, 0.05) is 31.0 Å². The van der Waals surface area contributed by atoms with Crippen LogP contribution in [0.1, 0.15) is 35.2 Å². The highest BCUT2D eigenvalue weighted by Gasteiger charge is 2.46. The molecule has 1 aliphatic rings. The van der Waals surface area contributed by atoms with Crippen molar-refractivity contribution >= 4 is 28.8 Å². The third-order valence-electron chi connectivity index (χ3n) is 6.12. The molecule has 5 nitrogen and oxygen atoms in total. The summed E-state index contributed by atoms with van der Waals surface area (Å²) in [4.78, 5) is 29.9. The first-order valence-corrected chi connectivity index (χ1v) is 11.1. The second kappa shape index (κ2) is 8.94. The second-order valence-corrected chi connectivity index (χ2v) is 8.54. The molecule has 1 amide bonds. The van der Waals surface area contributed by atoms with Crippen LogP contribution in [-0.4, -0.2) is 30.9 Å². The molecule has 168 valence electrons. The summed E-state index contributed by atoms with van der Waals surface area (Å²) in [5.74, 6) is -1.49. The largest absolute Gasteiger partial charge is 0.507 e. The molecule has 4 rings (SSSR count). The van der Waals surface area contributed by atoms with Crippen molar-refractivity contribution < 1.29 is 14.7 Å². The molecule has 0 aromatic heterocycles. The Kier molecular flexibility index (Phi) is 6.05. The van der Waals surface area contributed by atoms with Crippen molar-refractivity contribution in [3.63, 3.8) is 0 Å². The molecular weight excluding hydrogens is 412 g/mol. The van der Waals surface area contributed by atoms with Gasteiger partial charge in [-0.25, -0.2) is 0 Å². The van der Waals surface area contributed by atoms with Crippen LogP contribution in [0.2, 0.25) is 0 Å². The molecule has 3 aromatic carbocycles. The second-order valence-electron chi connectivity index (χ2n) is 8.54. The Morgan fingerprint density at radius 2 is 1.52 bits per heavy atom. The van der Waals surface area contributed by atoms with Gasteiger partial charge in [-0.2, -0.15) is 0 Å². The summed E-state index contributed by atoms with van der Waals surface area (Å²) in [6.07, 6.45) is 0.872. The van der Waals surface area contributed by atoms with Crippen molar-refractivity contribution in [2.24, 2.45) is 0 Å². The first kappa shape index (κ1) is 22.3. The van der Waals surface area contributed by atoms with Crippen LogP contribution >= 0.6 is 0 Å². The average Bonchev–Trinajstić information content (AvgIpc) is 3.09. The summed E-state index contributed by atoms with van der Waals surface area (Å²) in [5, 5.41) is 11.2. The molecule has 1 fully saturated rings. The predicted octanol–water partition coefficient (Wildman–Crippen LogP) is 5.25. The number of carbonyl (C=O) groups excluding carboxylic acids is 2. The molecule has 3 aromatic rings. The highest BCUT2D eigenvalue weighted by atomic mass is 16.3. The van der Waals surface area contributed by atoms with E-state index in [9.17, 15) is 14.7 Å². The van der Waals surface area contributed by atoms with Gasteiger partial charge in [-0.3, -0.25) is 14.5 Å². The maximum atomic E-state index is 13.2. The smallest absolute Gasteiger partial charge is 0.300 e. The summed E-state index contributed by atoms with van der Waals surface area (Å²) in [6, 6.07) is 21.9. The summed E-state index contributed by atoms with van der Waals surface area (Å²) < 4.78 is 0. The summed E-state index contributed by atoms with van der Waals surface area (Å²) >= 11 is 0. The van der Waals surface area contributed by atoms with E-state index < -0.39 is 17.7 Å². The number of rotatable bonds is 5. The highest BCUT2D eigenvalue weighted by Crippen LogP contribution is 2.42. The van der Waals surface area contributed by atoms with E-state index in [1.54, 1.807) is 12.1 Å². The van der Waals surface area contributed by atoms with Gasteiger partial charge in [0.2, 0.25) is 0 Å². The number of carbonyl (C=O) groups is 2. The molecule has 1 atom stereocenters. The minimum Gasteiger partial charge on any atom is -0.507 e. The Morgan fingerprint density at radius 1 is 0.909 bits per heavy atom. The van der Waals surface area contributed by atoms with Crippen LogP contribution in [0.25, 0.3) is 5.76 Å². The van der Waals surface area contributed by atoms with Crippen LogP contribution in [0.5, 0.6) is 0 Å². The molecule has 1 heterocycles. The number of anilines is 2. The first-order chi connectivity index (χ1) is 15.8. The Hall–Kier alpha value is -3.86. The normalized spacial score (nSPS) is 17.5. The number of aliphatic hydroxyl groups excluding tert-OH is 1. The lowest BCUT2D eigenvalue weighted by Gasteiger charge is -2.26. The number of Topliss-reactive ketones (excluding diaryl/α,β-unsaturated/α-hetero) is 1. The van der Waals surface area contributed by atoms with E-state index in [4.69, 9.17) is 0 Å². The van der Waals surface area contributed by atoms with Crippen LogP contribution in [0.3, 0.4) is 0 Å². The number of hydrogen-bond acceptors (Lipinski definition) is 4. The van der Waals surface area contributed by atoms with Crippen LogP contribution in [0, 0.1) is 6.92 Å². The van der Waals surface area contributed by atoms with E-state index in [2.05, 4.69) is 6.92 Å². The fourth-order valence-corrected chi connectivity index (χ4v) is 4.13. The van der Waals surface area contributed by atoms with E-state index in [1.165, 1.54) is 4.90 Å². The summed E-state index contributed by atoms with van der Waals surface area (Å²) in [5.41, 5.74) is 5.17. The average molecular weight is 441 g/mol. The van der Waals surface area contributed by atoms with Gasteiger partial charge >= 0.3 is 0 Å². The number of nitrogens with zero attached hydrogens (tertiary/aromatic N) is 2. The van der Waals surface area contributed by atoms with E-state index in [0.717, 1.165) is 28.8 Å². The molecule has 0 bridgehead atoms. The maximum Gasteiger partial charge on any atom is 0.300 e. The maximum absolute atomic E-state index is 13.2. The van der Waals surface area contributed by atoms with Crippen LogP contribution in [0.4, 0.5) is 11.4 Å². The predicted molar refractivity (Wildman–Crippen MR) is 133 cm³/mol. The molecule has 5 heteroatoms. The molecule has 0 spiro atoms. The number of aliphatic hydroxyl groups is 1. The molecular formula is C28H28N2O3. The van der Waals surface area contributed by atoms with E-state index >= 15 is 0 Å². The highest BCUT2D eigenvalue weighted by molar-refractivity contribution is 6.51. The van der Waals surface area contributed by atoms with Crippen molar-refractivity contribution in [3.05, 3.63) is 101 Å². The third-order valence-corrected chi connectivity index (χ3v) is 6.12. The monoisotopic (exact) mass is 440 g/mol. The minimum absolute atomic E-state index is 0.0995. The lowest BCUT2D eigenvalue weighted by atomic mass is 9.94. The standard InChI is InChI=1S/C28H28N2O3/c1-5-19-8-10-21(11-9-19)26(31)24-25(20-12-16-22(17-13-20)29(3)4)30(28(33)27(24)32)23-14-6-18(2)7-15-23/h6-17,25,31H,5H2,1-4H3/b26-24-. The van der Waals surface area contributed by atoms with Crippen molar-refractivity contribution in [1.82, 2.24) is 0 Å². The number of benzene rings is 3. The van der Waals surface area contributed by atoms with Gasteiger partial charge in [-0.15, -0.1) is 0 Å². The van der Waals surface area contributed by atoms with Gasteiger partial charge in [0.05, 0.1) is 11.6 Å². The van der Waals surface area contributed by atoms with Crippen LogP contribution in [-0.2, 0) is 16.0 Å². The van der Waals surface area contributed by atoms with Crippen molar-refractivity contribution in [2.75, 3.05) is 23.9 Å². The third kappa shape index (κ3) is 4.14. The topological polar surface area (TPSA) is 60.9 Å². The van der Waals surface area contributed by atoms with Crippen molar-refractivity contribution in [3.8, 4) is 0 Å². The molecule has 1 saturated heterocycles. The van der Waals surface area contributed by atoms with Gasteiger partial charge in [0.25, 0.3) is 11.7 Å². The van der Waals surface area contributed by atoms with E-state index in [1.807, 2.05) is 86.6 Å². The molecule has 0 radical (unpaired) electrons. The molecule has 33 heavy (non-hydrogen) atoms. The number of aryl methyl sites for hydroxylation is 2. The molecule has 1 N–H and O–H groups in total. The van der Waals surface area contributed by atoms with Crippen molar-refractivity contribution in [1.29, 1.82) is 0 Å². The fourth-order valence-electron chi connectivity index (χ4n) is 4.13. The minimum atomic E-state index is -0.727. The number of amides is 1. The van der Waals surface area contributed by atoms with Gasteiger partial charge in [0.15, 0.2) is 0 Å². The van der Waals surface area contributed by atoms with Gasteiger partial charge < -0.3 is 10.0 Å². The molecule has 1 unspecified atom stereocenters. The molecule has 0 aliphatic carbocycles. The fraction of sp³-hybridized carbons (Fsp3) is 0.214. The van der Waals surface area contributed by atoms with Gasteiger partial charge in [-0.05, 0) is 48.7 Å². The zero-order valence-electron chi connectivity index (χ0n) is 19.4. The zero-order chi connectivity index (χ0) is 23.7. The van der Waals surface area contributed by atoms with Crippen molar-refractivity contribution in [2.45, 2.75) is 26.3 Å². The van der Waals surface area contributed by atoms with Gasteiger partial charge in [-0.1, -0.05) is 61.0 Å². The Labute approximate surface area is 194 Å². The molecule has 0 saturated carbocycles. The number of ketones is 1. The first-order valence-electron chi connectivity index (χ1n) is 11.1. The van der Waals surface area contributed by atoms with E-state index in [-0.39, 0.29) is 11.3 Å². The van der Waals surface area contributed by atoms with Crippen LogP contribution < -0.4 is 9.80 Å². The zero-order valence-corrected chi connectivity index (χ0v) is 19.4. The lowest BCUT2D eigenvalue weighted by Crippen LogP contribution is -2.29. The summed E-state index contributed by atoms with van der Waals surface area (Å²) in [7, 11) is 3.90. The van der Waals surface area contributed by atoms with E-state index in [0.29, 0.717) is 11.3 Å². The van der Waals surface area contributed by atoms with Gasteiger partial charge in [0.1, 0.15) is 5.76 Å².